The summed E-state index contributed by atoms with van der Waals surface area (Å²) in [5.41, 5.74) is 1.64. The fraction of sp³-hybridized carbons (Fsp3) is 0.143. The van der Waals surface area contributed by atoms with Gasteiger partial charge in [0.05, 0.1) is 6.54 Å². The minimum absolute atomic E-state index is 0.109. The number of rotatable bonds is 6. The molecule has 5 nitrogen and oxygen atoms in total. The number of nitrogens with one attached hydrogen (secondary N) is 1. The van der Waals surface area contributed by atoms with Crippen LogP contribution in [0.25, 0.3) is 11.4 Å². The van der Waals surface area contributed by atoms with E-state index in [0.717, 1.165) is 11.3 Å². The molecule has 0 saturated carbocycles. The first-order valence-electron chi connectivity index (χ1n) is 6.34. The molecule has 22 heavy (non-hydrogen) atoms. The number of ether oxygens (including phenoxy) is 1. The molecule has 0 aliphatic heterocycles. The van der Waals surface area contributed by atoms with Crippen molar-refractivity contribution in [2.75, 3.05) is 5.32 Å². The molecular weight excluding hydrogens is 312 g/mol. The second-order valence-electron chi connectivity index (χ2n) is 4.28. The summed E-state index contributed by atoms with van der Waals surface area (Å²) < 4.78 is 33.5. The van der Waals surface area contributed by atoms with Crippen LogP contribution in [0.5, 0.6) is 5.75 Å². The molecule has 0 aliphatic rings. The molecule has 0 spiro atoms. The largest absolute Gasteiger partial charge is 0.435 e. The van der Waals surface area contributed by atoms with Gasteiger partial charge in [0.1, 0.15) is 5.75 Å². The average molecular weight is 323 g/mol. The monoisotopic (exact) mass is 323 g/mol. The highest BCUT2D eigenvalue weighted by Gasteiger charge is 2.09. The van der Waals surface area contributed by atoms with E-state index in [1.807, 2.05) is 16.8 Å². The van der Waals surface area contributed by atoms with Crippen molar-refractivity contribution in [2.24, 2.45) is 0 Å². The Hall–Kier alpha value is -2.48. The Bertz CT molecular complexity index is 714. The lowest BCUT2D eigenvalue weighted by atomic mass is 10.3. The lowest BCUT2D eigenvalue weighted by Gasteiger charge is -2.06. The van der Waals surface area contributed by atoms with E-state index in [-0.39, 0.29) is 5.75 Å². The number of anilines is 1. The van der Waals surface area contributed by atoms with Gasteiger partial charge < -0.3 is 14.6 Å². The summed E-state index contributed by atoms with van der Waals surface area (Å²) >= 11 is 1.56. The quantitative estimate of drug-likeness (QED) is 0.742. The van der Waals surface area contributed by atoms with Gasteiger partial charge in [0, 0.05) is 16.6 Å². The zero-order valence-electron chi connectivity index (χ0n) is 11.2. The summed E-state index contributed by atoms with van der Waals surface area (Å²) in [7, 11) is 0. The van der Waals surface area contributed by atoms with Gasteiger partial charge in [-0.3, -0.25) is 0 Å². The number of benzene rings is 1. The third-order valence-electron chi connectivity index (χ3n) is 2.77. The zero-order chi connectivity index (χ0) is 15.4. The van der Waals surface area contributed by atoms with Crippen LogP contribution in [0.1, 0.15) is 5.89 Å². The lowest BCUT2D eigenvalue weighted by molar-refractivity contribution is -0.0498. The number of hydrogen-bond acceptors (Lipinski definition) is 6. The van der Waals surface area contributed by atoms with Crippen LogP contribution in [0.15, 0.2) is 45.6 Å². The van der Waals surface area contributed by atoms with Crippen molar-refractivity contribution in [3.8, 4) is 17.1 Å². The summed E-state index contributed by atoms with van der Waals surface area (Å²) in [5, 5.41) is 10.8. The van der Waals surface area contributed by atoms with Crippen molar-refractivity contribution in [2.45, 2.75) is 13.2 Å². The molecule has 114 valence electrons. The molecule has 0 atom stereocenters. The van der Waals surface area contributed by atoms with Gasteiger partial charge in [-0.05, 0) is 35.7 Å². The SMILES string of the molecule is FC(F)Oc1ccc(NCc2nc(-c3ccsc3)no2)cc1. The first kappa shape index (κ1) is 14.5. The molecule has 2 heterocycles. The van der Waals surface area contributed by atoms with Gasteiger partial charge in [-0.2, -0.15) is 25.1 Å². The molecular formula is C14H11F2N3O2S. The van der Waals surface area contributed by atoms with Crippen molar-refractivity contribution in [1.82, 2.24) is 10.1 Å². The van der Waals surface area contributed by atoms with Crippen LogP contribution in [0.2, 0.25) is 0 Å². The minimum atomic E-state index is -2.83. The van der Waals surface area contributed by atoms with Gasteiger partial charge in [-0.1, -0.05) is 5.16 Å². The third-order valence-corrected chi connectivity index (χ3v) is 3.45. The second-order valence-corrected chi connectivity index (χ2v) is 5.06. The number of thiophene rings is 1. The minimum Gasteiger partial charge on any atom is -0.435 e. The number of hydrogen-bond donors (Lipinski definition) is 1. The van der Waals surface area contributed by atoms with Crippen LogP contribution in [-0.2, 0) is 6.54 Å². The second kappa shape index (κ2) is 6.52. The average Bonchev–Trinajstić information content (AvgIpc) is 3.17. The molecule has 0 amide bonds. The van der Waals surface area contributed by atoms with Crippen molar-refractivity contribution in [1.29, 1.82) is 0 Å². The first-order chi connectivity index (χ1) is 10.7. The lowest BCUT2D eigenvalue weighted by Crippen LogP contribution is -2.02. The Morgan fingerprint density at radius 1 is 1.23 bits per heavy atom. The van der Waals surface area contributed by atoms with E-state index >= 15 is 0 Å². The molecule has 1 aromatic carbocycles. The van der Waals surface area contributed by atoms with E-state index in [9.17, 15) is 8.78 Å². The van der Waals surface area contributed by atoms with Crippen LogP contribution in [0.3, 0.4) is 0 Å². The van der Waals surface area contributed by atoms with Gasteiger partial charge in [-0.15, -0.1) is 0 Å². The van der Waals surface area contributed by atoms with Crippen LogP contribution >= 0.6 is 11.3 Å². The number of aromatic nitrogens is 2. The summed E-state index contributed by atoms with van der Waals surface area (Å²) in [6, 6.07) is 8.09. The smallest absolute Gasteiger partial charge is 0.387 e. The Labute approximate surface area is 128 Å². The number of alkyl halides is 2. The van der Waals surface area contributed by atoms with Gasteiger partial charge in [0.25, 0.3) is 0 Å². The number of nitrogens with zero attached hydrogens (tertiary/aromatic N) is 2. The summed E-state index contributed by atoms with van der Waals surface area (Å²) in [6.07, 6.45) is 0. The summed E-state index contributed by atoms with van der Waals surface area (Å²) in [5.74, 6) is 1.09. The predicted octanol–water partition coefficient (Wildman–Crippen LogP) is 4.01. The molecule has 0 fully saturated rings. The molecule has 0 unspecified atom stereocenters. The van der Waals surface area contributed by atoms with Crippen LogP contribution in [0.4, 0.5) is 14.5 Å². The normalized spacial score (nSPS) is 10.9. The van der Waals surface area contributed by atoms with Gasteiger partial charge >= 0.3 is 6.61 Å². The summed E-state index contributed by atoms with van der Waals surface area (Å²) in [6.45, 7) is -2.49. The van der Waals surface area contributed by atoms with Gasteiger partial charge in [0.15, 0.2) is 0 Å². The van der Waals surface area contributed by atoms with Gasteiger partial charge in [-0.25, -0.2) is 0 Å². The Morgan fingerprint density at radius 2 is 2.05 bits per heavy atom. The van der Waals surface area contributed by atoms with Crippen molar-refractivity contribution in [3.05, 3.63) is 47.0 Å². The maximum atomic E-state index is 12.0. The summed E-state index contributed by atoms with van der Waals surface area (Å²) in [4.78, 5) is 4.27. The van der Waals surface area contributed by atoms with E-state index in [2.05, 4.69) is 20.2 Å². The maximum absolute atomic E-state index is 12.0. The molecule has 2 aromatic heterocycles. The maximum Gasteiger partial charge on any atom is 0.387 e. The molecule has 3 rings (SSSR count). The molecule has 8 heteroatoms. The topological polar surface area (TPSA) is 60.2 Å². The van der Waals surface area contributed by atoms with E-state index in [1.165, 1.54) is 12.1 Å². The Balaban J connectivity index is 1.58. The number of halogens is 2. The zero-order valence-corrected chi connectivity index (χ0v) is 12.0. The van der Waals surface area contributed by atoms with E-state index < -0.39 is 6.61 Å². The van der Waals surface area contributed by atoms with Crippen molar-refractivity contribution >= 4 is 17.0 Å². The molecule has 0 saturated heterocycles. The molecule has 0 bridgehead atoms. The van der Waals surface area contributed by atoms with E-state index in [4.69, 9.17) is 4.52 Å². The van der Waals surface area contributed by atoms with Crippen molar-refractivity contribution in [3.63, 3.8) is 0 Å². The molecule has 1 N–H and O–H groups in total. The first-order valence-corrected chi connectivity index (χ1v) is 7.29. The van der Waals surface area contributed by atoms with E-state index in [0.29, 0.717) is 18.3 Å². The Morgan fingerprint density at radius 3 is 2.73 bits per heavy atom. The van der Waals surface area contributed by atoms with Crippen LogP contribution < -0.4 is 10.1 Å². The van der Waals surface area contributed by atoms with Crippen LogP contribution in [0, 0.1) is 0 Å². The molecule has 0 radical (unpaired) electrons. The third kappa shape index (κ3) is 3.59. The fourth-order valence-corrected chi connectivity index (χ4v) is 2.40. The van der Waals surface area contributed by atoms with Gasteiger partial charge in [0.2, 0.25) is 11.7 Å². The Kier molecular flexibility index (Phi) is 4.29. The highest BCUT2D eigenvalue weighted by atomic mass is 32.1. The molecule has 3 aromatic rings. The van der Waals surface area contributed by atoms with Crippen LogP contribution in [-0.4, -0.2) is 16.8 Å². The molecule has 0 aliphatic carbocycles. The fourth-order valence-electron chi connectivity index (χ4n) is 1.77. The highest BCUT2D eigenvalue weighted by molar-refractivity contribution is 7.08. The van der Waals surface area contributed by atoms with E-state index in [1.54, 1.807) is 23.5 Å². The highest BCUT2D eigenvalue weighted by Crippen LogP contribution is 2.20. The standard InChI is InChI=1S/C14H11F2N3O2S/c15-14(16)20-11-3-1-10(2-4-11)17-7-12-18-13(19-21-12)9-5-6-22-8-9/h1-6,8,14,17H,7H2. The van der Waals surface area contributed by atoms with Crippen molar-refractivity contribution < 1.29 is 18.0 Å². The predicted molar refractivity (Wildman–Crippen MR) is 78.0 cm³/mol.